The molecule has 0 bridgehead atoms. The number of nitrogen functional groups attached to an aromatic ring is 1. The van der Waals surface area contributed by atoms with E-state index in [1.165, 1.54) is 11.2 Å². The van der Waals surface area contributed by atoms with Gasteiger partial charge < -0.3 is 25.0 Å². The second kappa shape index (κ2) is 10.4. The van der Waals surface area contributed by atoms with E-state index in [2.05, 4.69) is 15.1 Å². The van der Waals surface area contributed by atoms with Crippen LogP contribution in [-0.2, 0) is 9.53 Å². The number of hydrogen-bond donors (Lipinski definition) is 2. The molecule has 0 atom stereocenters. The molecule has 0 unspecified atom stereocenters. The first kappa shape index (κ1) is 26.6. The number of rotatable bonds is 7. The molecule has 6 rings (SSSR count). The quantitative estimate of drug-likeness (QED) is 0.333. The van der Waals surface area contributed by atoms with E-state index in [1.54, 1.807) is 4.68 Å². The second-order valence-corrected chi connectivity index (χ2v) is 10.8. The lowest BCUT2D eigenvalue weighted by atomic mass is 9.89. The SMILES string of the molecule is Cc1nc(-c2c(-c3nn(C(C)C)c4ncnc(N)c34)noc2C2CC2)ncc1C1CCN(C(=O)OCC(=O)O)CC1. The monoisotopic (exact) mass is 561 g/mol. The third-order valence-corrected chi connectivity index (χ3v) is 7.65. The topological polar surface area (TPSA) is 188 Å². The molecule has 14 nitrogen and oxygen atoms in total. The highest BCUT2D eigenvalue weighted by Crippen LogP contribution is 2.48. The number of amides is 1. The fraction of sp³-hybridized carbons (Fsp3) is 0.481. The first-order valence-electron chi connectivity index (χ1n) is 13.7. The van der Waals surface area contributed by atoms with Crippen molar-refractivity contribution in [1.29, 1.82) is 0 Å². The summed E-state index contributed by atoms with van der Waals surface area (Å²) >= 11 is 0. The van der Waals surface area contributed by atoms with E-state index in [-0.39, 0.29) is 17.9 Å². The van der Waals surface area contributed by atoms with Crippen LogP contribution >= 0.6 is 0 Å². The summed E-state index contributed by atoms with van der Waals surface area (Å²) < 4.78 is 12.5. The molecule has 3 N–H and O–H groups in total. The highest BCUT2D eigenvalue weighted by Gasteiger charge is 2.36. The Morgan fingerprint density at radius 1 is 1.12 bits per heavy atom. The van der Waals surface area contributed by atoms with E-state index < -0.39 is 18.7 Å². The average Bonchev–Trinajstić information content (AvgIpc) is 3.57. The zero-order chi connectivity index (χ0) is 28.8. The van der Waals surface area contributed by atoms with E-state index in [1.807, 2.05) is 27.0 Å². The van der Waals surface area contributed by atoms with E-state index in [0.717, 1.165) is 29.9 Å². The van der Waals surface area contributed by atoms with Crippen LogP contribution in [0, 0.1) is 6.92 Å². The lowest BCUT2D eigenvalue weighted by Gasteiger charge is -2.31. The van der Waals surface area contributed by atoms with Crippen LogP contribution in [0.3, 0.4) is 0 Å². The van der Waals surface area contributed by atoms with E-state index >= 15 is 0 Å². The number of nitrogens with zero attached hydrogens (tertiary/aromatic N) is 8. The molecule has 14 heteroatoms. The Balaban J connectivity index is 1.32. The molecule has 4 aromatic heterocycles. The highest BCUT2D eigenvalue weighted by atomic mass is 16.6. The van der Waals surface area contributed by atoms with Gasteiger partial charge in [0.15, 0.2) is 23.8 Å². The van der Waals surface area contributed by atoms with Crippen molar-refractivity contribution in [3.05, 3.63) is 29.5 Å². The number of likely N-dealkylation sites (tertiary alicyclic amines) is 1. The molecular weight excluding hydrogens is 530 g/mol. The van der Waals surface area contributed by atoms with Crippen LogP contribution in [0.4, 0.5) is 10.6 Å². The number of anilines is 1. The number of carboxylic acids is 1. The molecule has 1 aliphatic heterocycles. The number of piperidine rings is 1. The number of nitrogens with two attached hydrogens (primary N) is 1. The number of aromatic nitrogens is 7. The van der Waals surface area contributed by atoms with Gasteiger partial charge in [-0.05, 0) is 57.9 Å². The first-order chi connectivity index (χ1) is 19.7. The number of fused-ring (bicyclic) bond motifs is 1. The van der Waals surface area contributed by atoms with Gasteiger partial charge in [0.05, 0.1) is 10.9 Å². The van der Waals surface area contributed by atoms with Gasteiger partial charge in [0, 0.05) is 36.9 Å². The maximum absolute atomic E-state index is 12.1. The molecule has 1 saturated carbocycles. The number of carboxylic acid groups (broad SMARTS) is 1. The standard InChI is InChI=1S/C27H31N9O5/c1-13(2)36-26-20(24(28)30-12-31-26)21(33-36)22-19(23(41-34-22)16-4-5-16)25-29-10-17(14(3)32-25)15-6-8-35(9-7-15)27(39)40-11-18(37)38/h10,12-13,15-16H,4-9,11H2,1-3H3,(H,37,38)(H2,28,30,31). The number of aryl methyl sites for hydroxylation is 1. The molecule has 2 aliphatic rings. The summed E-state index contributed by atoms with van der Waals surface area (Å²) in [6, 6.07) is 0.0297. The van der Waals surface area contributed by atoms with Crippen LogP contribution in [0.2, 0.25) is 0 Å². The van der Waals surface area contributed by atoms with Gasteiger partial charge in [-0.15, -0.1) is 0 Å². The molecule has 0 radical (unpaired) electrons. The minimum atomic E-state index is -1.18. The maximum atomic E-state index is 12.1. The molecule has 214 valence electrons. The first-order valence-corrected chi connectivity index (χ1v) is 13.7. The van der Waals surface area contributed by atoms with Crippen LogP contribution in [0.25, 0.3) is 33.8 Å². The predicted molar refractivity (Wildman–Crippen MR) is 146 cm³/mol. The highest BCUT2D eigenvalue weighted by molar-refractivity contribution is 6.00. The van der Waals surface area contributed by atoms with Gasteiger partial charge in [-0.25, -0.2) is 34.2 Å². The van der Waals surface area contributed by atoms with Crippen LogP contribution in [-0.4, -0.2) is 76.6 Å². The van der Waals surface area contributed by atoms with Gasteiger partial charge in [-0.1, -0.05) is 5.16 Å². The molecule has 1 amide bonds. The van der Waals surface area contributed by atoms with Crippen molar-refractivity contribution in [2.75, 3.05) is 25.4 Å². The Hall–Kier alpha value is -4.62. The van der Waals surface area contributed by atoms with Crippen molar-refractivity contribution in [1.82, 2.24) is 39.8 Å². The molecule has 0 spiro atoms. The minimum Gasteiger partial charge on any atom is -0.479 e. The molecule has 1 saturated heterocycles. The van der Waals surface area contributed by atoms with Crippen molar-refractivity contribution < 1.29 is 24.0 Å². The van der Waals surface area contributed by atoms with Crippen LogP contribution in [0.5, 0.6) is 0 Å². The maximum Gasteiger partial charge on any atom is 0.410 e. The molecule has 41 heavy (non-hydrogen) atoms. The molecule has 5 heterocycles. The number of hydrogen-bond acceptors (Lipinski definition) is 11. The number of aliphatic carboxylic acids is 1. The molecule has 1 aliphatic carbocycles. The van der Waals surface area contributed by atoms with Gasteiger partial charge in [0.1, 0.15) is 23.5 Å². The normalized spacial score (nSPS) is 16.0. The fourth-order valence-electron chi connectivity index (χ4n) is 5.41. The third kappa shape index (κ3) is 4.93. The van der Waals surface area contributed by atoms with E-state index in [4.69, 9.17) is 35.2 Å². The number of carbonyl (C=O) groups is 2. The molecular formula is C27H31N9O5. The largest absolute Gasteiger partial charge is 0.479 e. The van der Waals surface area contributed by atoms with Gasteiger partial charge >= 0.3 is 12.1 Å². The van der Waals surface area contributed by atoms with Gasteiger partial charge in [0.25, 0.3) is 0 Å². The van der Waals surface area contributed by atoms with Crippen LogP contribution in [0.15, 0.2) is 17.0 Å². The number of carbonyl (C=O) groups excluding carboxylic acids is 1. The molecule has 2 fully saturated rings. The smallest absolute Gasteiger partial charge is 0.410 e. The average molecular weight is 562 g/mol. The Labute approximate surface area is 234 Å². The van der Waals surface area contributed by atoms with Crippen molar-refractivity contribution in [2.24, 2.45) is 0 Å². The van der Waals surface area contributed by atoms with Gasteiger partial charge in [0.2, 0.25) is 0 Å². The summed E-state index contributed by atoms with van der Waals surface area (Å²) in [6.07, 6.45) is 6.04. The second-order valence-electron chi connectivity index (χ2n) is 10.8. The zero-order valence-corrected chi connectivity index (χ0v) is 23.1. The summed E-state index contributed by atoms with van der Waals surface area (Å²) in [7, 11) is 0. The lowest BCUT2D eigenvalue weighted by Crippen LogP contribution is -2.39. The Morgan fingerprint density at radius 3 is 2.54 bits per heavy atom. The van der Waals surface area contributed by atoms with E-state index in [9.17, 15) is 9.59 Å². The molecule has 4 aromatic rings. The third-order valence-electron chi connectivity index (χ3n) is 7.65. The van der Waals surface area contributed by atoms with Crippen molar-refractivity contribution >= 4 is 28.9 Å². The summed E-state index contributed by atoms with van der Waals surface area (Å²) in [5, 5.41) is 18.7. The summed E-state index contributed by atoms with van der Waals surface area (Å²) in [5.41, 5.74) is 10.5. The zero-order valence-electron chi connectivity index (χ0n) is 23.1. The Morgan fingerprint density at radius 2 is 1.88 bits per heavy atom. The summed E-state index contributed by atoms with van der Waals surface area (Å²) in [4.78, 5) is 42.7. The Kier molecular flexibility index (Phi) is 6.75. The van der Waals surface area contributed by atoms with Crippen LogP contribution < -0.4 is 5.73 Å². The Bertz CT molecular complexity index is 1630. The molecule has 0 aromatic carbocycles. The van der Waals surface area contributed by atoms with Gasteiger partial charge in [-0.2, -0.15) is 5.10 Å². The van der Waals surface area contributed by atoms with Crippen molar-refractivity contribution in [3.63, 3.8) is 0 Å². The van der Waals surface area contributed by atoms with Crippen molar-refractivity contribution in [3.8, 4) is 22.8 Å². The summed E-state index contributed by atoms with van der Waals surface area (Å²) in [6.45, 7) is 6.26. The van der Waals surface area contributed by atoms with E-state index in [0.29, 0.717) is 65.6 Å². The van der Waals surface area contributed by atoms with Crippen LogP contribution in [0.1, 0.15) is 74.4 Å². The fourth-order valence-corrected chi connectivity index (χ4v) is 5.41. The number of ether oxygens (including phenoxy) is 1. The predicted octanol–water partition coefficient (Wildman–Crippen LogP) is 3.69. The van der Waals surface area contributed by atoms with Crippen molar-refractivity contribution in [2.45, 2.75) is 64.3 Å². The summed E-state index contributed by atoms with van der Waals surface area (Å²) in [5.74, 6) is 0.765. The lowest BCUT2D eigenvalue weighted by molar-refractivity contribution is -0.140. The minimum absolute atomic E-state index is 0.0297. The van der Waals surface area contributed by atoms with Gasteiger partial charge in [-0.3, -0.25) is 0 Å².